The van der Waals surface area contributed by atoms with Crippen LogP contribution in [0.25, 0.3) is 0 Å². The van der Waals surface area contributed by atoms with Gasteiger partial charge in [-0.05, 0) is 45.1 Å². The molecular formula is C18H27NO2. The fourth-order valence-corrected chi connectivity index (χ4v) is 5.02. The van der Waals surface area contributed by atoms with Crippen molar-refractivity contribution in [2.45, 2.75) is 76.5 Å². The van der Waals surface area contributed by atoms with Crippen LogP contribution in [0.4, 0.5) is 0 Å². The van der Waals surface area contributed by atoms with Crippen molar-refractivity contribution in [1.29, 1.82) is 0 Å². The summed E-state index contributed by atoms with van der Waals surface area (Å²) in [5, 5.41) is 3.98. The normalized spacial score (nSPS) is 33.9. The Labute approximate surface area is 127 Å². The van der Waals surface area contributed by atoms with Crippen LogP contribution in [0, 0.1) is 5.41 Å². The van der Waals surface area contributed by atoms with Crippen LogP contribution in [0.1, 0.15) is 69.2 Å². The van der Waals surface area contributed by atoms with Gasteiger partial charge in [-0.15, -0.1) is 0 Å². The molecule has 1 N–H and O–H groups in total. The molecule has 3 aliphatic carbocycles. The number of nitrogens with one attached hydrogen (secondary N) is 1. The standard InChI is InChI=1S/C18H27NO2/c1-2-20-17-12-16(18(17)9-3-4-10-18)19-14-6-5-7-15-13(14)8-11-21-15/h8,11,14,16-17,19H,2-7,9-10,12H2,1H3. The maximum atomic E-state index is 6.03. The Morgan fingerprint density at radius 1 is 1.33 bits per heavy atom. The van der Waals surface area contributed by atoms with Crippen LogP contribution in [0.2, 0.25) is 0 Å². The van der Waals surface area contributed by atoms with Crippen molar-refractivity contribution >= 4 is 0 Å². The first-order chi connectivity index (χ1) is 10.3. The van der Waals surface area contributed by atoms with Crippen LogP contribution < -0.4 is 5.32 Å². The molecule has 0 saturated heterocycles. The summed E-state index contributed by atoms with van der Waals surface area (Å²) in [5.74, 6) is 1.21. The van der Waals surface area contributed by atoms with Crippen LogP contribution >= 0.6 is 0 Å². The van der Waals surface area contributed by atoms with Crippen molar-refractivity contribution < 1.29 is 9.15 Å². The van der Waals surface area contributed by atoms with Gasteiger partial charge < -0.3 is 14.5 Å². The van der Waals surface area contributed by atoms with Crippen LogP contribution in [-0.4, -0.2) is 18.8 Å². The molecular weight excluding hydrogens is 262 g/mol. The minimum Gasteiger partial charge on any atom is -0.469 e. The van der Waals surface area contributed by atoms with Gasteiger partial charge in [-0.1, -0.05) is 12.8 Å². The van der Waals surface area contributed by atoms with Crippen LogP contribution in [0.15, 0.2) is 16.7 Å². The van der Waals surface area contributed by atoms with E-state index in [2.05, 4.69) is 18.3 Å². The third kappa shape index (κ3) is 2.17. The first kappa shape index (κ1) is 13.8. The molecule has 2 saturated carbocycles. The maximum absolute atomic E-state index is 6.03. The average molecular weight is 289 g/mol. The van der Waals surface area contributed by atoms with Gasteiger partial charge in [0.15, 0.2) is 0 Å². The van der Waals surface area contributed by atoms with E-state index in [1.807, 2.05) is 6.26 Å². The molecule has 21 heavy (non-hydrogen) atoms. The van der Waals surface area contributed by atoms with Gasteiger partial charge in [0.2, 0.25) is 0 Å². The lowest BCUT2D eigenvalue weighted by Crippen LogP contribution is -2.63. The Hall–Kier alpha value is -0.800. The number of ether oxygens (including phenoxy) is 1. The number of aryl methyl sites for hydroxylation is 1. The van der Waals surface area contributed by atoms with E-state index in [0.717, 1.165) is 13.0 Å². The Balaban J connectivity index is 1.49. The van der Waals surface area contributed by atoms with Crippen molar-refractivity contribution in [1.82, 2.24) is 5.32 Å². The summed E-state index contributed by atoms with van der Waals surface area (Å²) >= 11 is 0. The van der Waals surface area contributed by atoms with Gasteiger partial charge in [0, 0.05) is 36.1 Å². The molecule has 0 bridgehead atoms. The van der Waals surface area contributed by atoms with E-state index in [-0.39, 0.29) is 0 Å². The predicted octanol–water partition coefficient (Wildman–Crippen LogP) is 3.98. The van der Waals surface area contributed by atoms with Crippen molar-refractivity contribution in [2.24, 2.45) is 5.41 Å². The second-order valence-corrected chi connectivity index (χ2v) is 7.08. The number of fused-ring (bicyclic) bond motifs is 1. The second kappa shape index (κ2) is 5.44. The highest BCUT2D eigenvalue weighted by atomic mass is 16.5. The van der Waals surface area contributed by atoms with Gasteiger partial charge in [-0.2, -0.15) is 0 Å². The Kier molecular flexibility index (Phi) is 3.58. The van der Waals surface area contributed by atoms with Crippen molar-refractivity contribution in [3.05, 3.63) is 23.7 Å². The summed E-state index contributed by atoms with van der Waals surface area (Å²) in [5.41, 5.74) is 1.84. The SMILES string of the molecule is CCOC1CC(NC2CCCc3occc32)C12CCCC2. The molecule has 4 rings (SSSR count). The minimum absolute atomic E-state index is 0.428. The molecule has 3 heteroatoms. The van der Waals surface area contributed by atoms with Crippen LogP contribution in [-0.2, 0) is 11.2 Å². The molecule has 0 radical (unpaired) electrons. The van der Waals surface area contributed by atoms with Gasteiger partial charge >= 0.3 is 0 Å². The molecule has 0 aliphatic heterocycles. The molecule has 1 heterocycles. The highest BCUT2D eigenvalue weighted by Crippen LogP contribution is 2.55. The molecule has 1 aromatic rings. The fraction of sp³-hybridized carbons (Fsp3) is 0.778. The van der Waals surface area contributed by atoms with Crippen molar-refractivity contribution in [3.8, 4) is 0 Å². The van der Waals surface area contributed by atoms with Crippen molar-refractivity contribution in [2.75, 3.05) is 6.61 Å². The molecule has 1 spiro atoms. The third-order valence-electron chi connectivity index (χ3n) is 6.14. The summed E-state index contributed by atoms with van der Waals surface area (Å²) in [7, 11) is 0. The predicted molar refractivity (Wildman–Crippen MR) is 82.2 cm³/mol. The van der Waals surface area contributed by atoms with Gasteiger partial charge in [0.1, 0.15) is 5.76 Å². The second-order valence-electron chi connectivity index (χ2n) is 7.08. The lowest BCUT2D eigenvalue weighted by Gasteiger charge is -2.55. The van der Waals surface area contributed by atoms with Gasteiger partial charge in [0.05, 0.1) is 12.4 Å². The number of hydrogen-bond donors (Lipinski definition) is 1. The van der Waals surface area contributed by atoms with Crippen molar-refractivity contribution in [3.63, 3.8) is 0 Å². The molecule has 2 fully saturated rings. The van der Waals surface area contributed by atoms with Crippen LogP contribution in [0.5, 0.6) is 0 Å². The van der Waals surface area contributed by atoms with E-state index in [1.165, 1.54) is 56.3 Å². The zero-order chi connectivity index (χ0) is 14.3. The van der Waals surface area contributed by atoms with E-state index in [0.29, 0.717) is 23.6 Å². The molecule has 3 unspecified atom stereocenters. The largest absolute Gasteiger partial charge is 0.469 e. The Bertz CT molecular complexity index is 489. The number of rotatable bonds is 4. The molecule has 3 atom stereocenters. The molecule has 0 amide bonds. The molecule has 1 aromatic heterocycles. The maximum Gasteiger partial charge on any atom is 0.108 e. The van der Waals surface area contributed by atoms with Gasteiger partial charge in [-0.25, -0.2) is 0 Å². The Morgan fingerprint density at radius 3 is 3.00 bits per heavy atom. The van der Waals surface area contributed by atoms with Gasteiger partial charge in [-0.3, -0.25) is 0 Å². The third-order valence-corrected chi connectivity index (χ3v) is 6.14. The molecule has 116 valence electrons. The van der Waals surface area contributed by atoms with Crippen LogP contribution in [0.3, 0.4) is 0 Å². The first-order valence-corrected chi connectivity index (χ1v) is 8.77. The number of furan rings is 1. The summed E-state index contributed by atoms with van der Waals surface area (Å²) in [6.45, 7) is 2.98. The lowest BCUT2D eigenvalue weighted by atomic mass is 9.60. The lowest BCUT2D eigenvalue weighted by molar-refractivity contribution is -0.133. The quantitative estimate of drug-likeness (QED) is 0.910. The highest BCUT2D eigenvalue weighted by Gasteiger charge is 2.57. The minimum atomic E-state index is 0.428. The van der Waals surface area contributed by atoms with E-state index in [9.17, 15) is 0 Å². The summed E-state index contributed by atoms with van der Waals surface area (Å²) in [6.07, 6.45) is 12.6. The molecule has 0 aromatic carbocycles. The van der Waals surface area contributed by atoms with E-state index >= 15 is 0 Å². The Morgan fingerprint density at radius 2 is 2.19 bits per heavy atom. The highest BCUT2D eigenvalue weighted by molar-refractivity contribution is 5.25. The molecule has 3 aliphatic rings. The zero-order valence-corrected chi connectivity index (χ0v) is 13.1. The summed E-state index contributed by atoms with van der Waals surface area (Å²) in [6, 6.07) is 3.31. The topological polar surface area (TPSA) is 34.4 Å². The zero-order valence-electron chi connectivity index (χ0n) is 13.1. The van der Waals surface area contributed by atoms with E-state index in [1.54, 1.807) is 0 Å². The average Bonchev–Trinajstić information content (AvgIpc) is 3.16. The number of hydrogen-bond acceptors (Lipinski definition) is 3. The van der Waals surface area contributed by atoms with E-state index in [4.69, 9.17) is 9.15 Å². The van der Waals surface area contributed by atoms with E-state index < -0.39 is 0 Å². The smallest absolute Gasteiger partial charge is 0.108 e. The fourth-order valence-electron chi connectivity index (χ4n) is 5.02. The summed E-state index contributed by atoms with van der Waals surface area (Å²) < 4.78 is 11.7. The molecule has 3 nitrogen and oxygen atoms in total. The van der Waals surface area contributed by atoms with Gasteiger partial charge in [0.25, 0.3) is 0 Å². The first-order valence-electron chi connectivity index (χ1n) is 8.77. The summed E-state index contributed by atoms with van der Waals surface area (Å²) in [4.78, 5) is 0. The monoisotopic (exact) mass is 289 g/mol.